The first kappa shape index (κ1) is 16.2. The Bertz CT molecular complexity index is 759. The molecule has 0 aliphatic heterocycles. The Balaban J connectivity index is 2.51. The molecule has 0 N–H and O–H groups in total. The Labute approximate surface area is 132 Å². The van der Waals surface area contributed by atoms with Gasteiger partial charge < -0.3 is 4.74 Å². The second-order valence-corrected chi connectivity index (χ2v) is 5.55. The summed E-state index contributed by atoms with van der Waals surface area (Å²) >= 11 is 1.27. The molecule has 1 aromatic heterocycles. The first-order valence-corrected chi connectivity index (χ1v) is 7.99. The summed E-state index contributed by atoms with van der Waals surface area (Å²) < 4.78 is 6.58. The molecule has 2 aromatic rings. The molecule has 22 heavy (non-hydrogen) atoms. The maximum atomic E-state index is 12.2. The number of nitrogens with zero attached hydrogens (tertiary/aromatic N) is 2. The molecule has 6 heteroatoms. The monoisotopic (exact) mass is 318 g/mol. The van der Waals surface area contributed by atoms with Crippen LogP contribution in [-0.2, 0) is 4.79 Å². The van der Waals surface area contributed by atoms with Crippen LogP contribution in [0.4, 0.5) is 5.69 Å². The Morgan fingerprint density at radius 2 is 2.05 bits per heavy atom. The lowest BCUT2D eigenvalue weighted by Gasteiger charge is -2.06. The third-order valence-electron chi connectivity index (χ3n) is 2.96. The number of rotatable bonds is 4. The fourth-order valence-corrected chi connectivity index (χ4v) is 2.65. The summed E-state index contributed by atoms with van der Waals surface area (Å²) in [6, 6.07) is 7.68. The van der Waals surface area contributed by atoms with E-state index in [1.807, 2.05) is 31.2 Å². The van der Waals surface area contributed by atoms with Crippen molar-refractivity contribution in [2.24, 2.45) is 4.99 Å². The predicted octanol–water partition coefficient (Wildman–Crippen LogP) is 3.46. The number of aryl methyl sites for hydroxylation is 1. The van der Waals surface area contributed by atoms with Crippen LogP contribution >= 0.6 is 11.3 Å². The van der Waals surface area contributed by atoms with Crippen molar-refractivity contribution in [3.8, 4) is 5.88 Å². The van der Waals surface area contributed by atoms with E-state index in [1.54, 1.807) is 19.2 Å². The fourth-order valence-electron chi connectivity index (χ4n) is 1.83. The van der Waals surface area contributed by atoms with E-state index in [0.29, 0.717) is 11.2 Å². The van der Waals surface area contributed by atoms with Crippen LogP contribution in [0.2, 0.25) is 0 Å². The van der Waals surface area contributed by atoms with Gasteiger partial charge in [0.1, 0.15) is 0 Å². The van der Waals surface area contributed by atoms with Gasteiger partial charge in [-0.15, -0.1) is 11.3 Å². The second kappa shape index (κ2) is 7.17. The van der Waals surface area contributed by atoms with Crippen LogP contribution in [0.3, 0.4) is 0 Å². The highest BCUT2D eigenvalue weighted by molar-refractivity contribution is 7.07. The highest BCUT2D eigenvalue weighted by atomic mass is 32.1. The first-order valence-electron chi connectivity index (χ1n) is 7.11. The van der Waals surface area contributed by atoms with Gasteiger partial charge in [-0.3, -0.25) is 9.59 Å². The van der Waals surface area contributed by atoms with Gasteiger partial charge in [0.15, 0.2) is 4.80 Å². The molecule has 0 saturated heterocycles. The topological polar surface area (TPSA) is 60.7 Å². The van der Waals surface area contributed by atoms with Crippen molar-refractivity contribution in [1.29, 1.82) is 0 Å². The van der Waals surface area contributed by atoms with E-state index in [1.165, 1.54) is 15.9 Å². The number of esters is 1. The zero-order valence-corrected chi connectivity index (χ0v) is 13.6. The minimum atomic E-state index is -0.377. The van der Waals surface area contributed by atoms with E-state index < -0.39 is 0 Å². The molecule has 0 aliphatic rings. The molecule has 0 spiro atoms. The summed E-state index contributed by atoms with van der Waals surface area (Å²) in [6.07, 6.45) is 0.551. The van der Waals surface area contributed by atoms with Crippen LogP contribution in [0.25, 0.3) is 0 Å². The average molecular weight is 318 g/mol. The summed E-state index contributed by atoms with van der Waals surface area (Å²) in [6.45, 7) is 5.45. The van der Waals surface area contributed by atoms with Crippen molar-refractivity contribution >= 4 is 28.9 Å². The normalized spacial score (nSPS) is 11.5. The molecule has 1 aromatic carbocycles. The number of thiazole rings is 1. The van der Waals surface area contributed by atoms with E-state index >= 15 is 0 Å². The SMILES string of the molecule is CCC(=O)Oc1csc(=Nc2cccc(C)c2)n1C(=O)CC. The third-order valence-corrected chi connectivity index (χ3v) is 3.77. The summed E-state index contributed by atoms with van der Waals surface area (Å²) in [5, 5.41) is 1.63. The van der Waals surface area contributed by atoms with Crippen molar-refractivity contribution in [3.05, 3.63) is 40.0 Å². The van der Waals surface area contributed by atoms with Crippen LogP contribution < -0.4 is 9.54 Å². The molecule has 0 bridgehead atoms. The Hall–Kier alpha value is -2.21. The number of ether oxygens (including phenoxy) is 1. The maximum Gasteiger partial charge on any atom is 0.312 e. The number of carbonyl (C=O) groups is 2. The van der Waals surface area contributed by atoms with Crippen molar-refractivity contribution in [1.82, 2.24) is 4.57 Å². The summed E-state index contributed by atoms with van der Waals surface area (Å²) in [7, 11) is 0. The molecule has 0 atom stereocenters. The highest BCUT2D eigenvalue weighted by Crippen LogP contribution is 2.17. The van der Waals surface area contributed by atoms with E-state index in [-0.39, 0.29) is 24.2 Å². The molecule has 5 nitrogen and oxygen atoms in total. The van der Waals surface area contributed by atoms with E-state index in [4.69, 9.17) is 4.74 Å². The van der Waals surface area contributed by atoms with Crippen LogP contribution in [0.5, 0.6) is 5.88 Å². The number of aromatic nitrogens is 1. The largest absolute Gasteiger partial charge is 0.408 e. The molecule has 0 fully saturated rings. The third kappa shape index (κ3) is 3.71. The average Bonchev–Trinajstić information content (AvgIpc) is 2.88. The van der Waals surface area contributed by atoms with Crippen LogP contribution in [0.1, 0.15) is 37.0 Å². The first-order chi connectivity index (χ1) is 10.5. The molecule has 0 unspecified atom stereocenters. The summed E-state index contributed by atoms with van der Waals surface area (Å²) in [4.78, 5) is 28.6. The Kier molecular flexibility index (Phi) is 5.27. The lowest BCUT2D eigenvalue weighted by Crippen LogP contribution is -2.24. The Morgan fingerprint density at radius 3 is 2.68 bits per heavy atom. The van der Waals surface area contributed by atoms with Crippen molar-refractivity contribution in [2.75, 3.05) is 0 Å². The zero-order chi connectivity index (χ0) is 16.1. The Morgan fingerprint density at radius 1 is 1.27 bits per heavy atom. The second-order valence-electron chi connectivity index (χ2n) is 4.72. The molecule has 0 saturated carbocycles. The molecular formula is C16H18N2O3S. The van der Waals surface area contributed by atoms with Crippen LogP contribution in [-0.4, -0.2) is 16.4 Å². The molecule has 116 valence electrons. The van der Waals surface area contributed by atoms with Gasteiger partial charge >= 0.3 is 5.97 Å². The lowest BCUT2D eigenvalue weighted by molar-refractivity contribution is -0.134. The minimum Gasteiger partial charge on any atom is -0.408 e. The van der Waals surface area contributed by atoms with Gasteiger partial charge in [-0.1, -0.05) is 26.0 Å². The smallest absolute Gasteiger partial charge is 0.312 e. The van der Waals surface area contributed by atoms with Gasteiger partial charge in [-0.25, -0.2) is 9.56 Å². The van der Waals surface area contributed by atoms with Crippen molar-refractivity contribution in [3.63, 3.8) is 0 Å². The van der Waals surface area contributed by atoms with Gasteiger partial charge in [0, 0.05) is 12.8 Å². The van der Waals surface area contributed by atoms with Crippen LogP contribution in [0, 0.1) is 6.92 Å². The minimum absolute atomic E-state index is 0.161. The maximum absolute atomic E-state index is 12.2. The predicted molar refractivity (Wildman–Crippen MR) is 85.6 cm³/mol. The van der Waals surface area contributed by atoms with Gasteiger partial charge in [0.05, 0.1) is 11.1 Å². The molecular weight excluding hydrogens is 300 g/mol. The lowest BCUT2D eigenvalue weighted by atomic mass is 10.2. The van der Waals surface area contributed by atoms with E-state index in [0.717, 1.165) is 11.3 Å². The van der Waals surface area contributed by atoms with Crippen LogP contribution in [0.15, 0.2) is 34.6 Å². The summed E-state index contributed by atoms with van der Waals surface area (Å²) in [5.41, 5.74) is 1.84. The van der Waals surface area contributed by atoms with Crippen molar-refractivity contribution < 1.29 is 14.3 Å². The van der Waals surface area contributed by atoms with E-state index in [2.05, 4.69) is 4.99 Å². The molecule has 0 aliphatic carbocycles. The van der Waals surface area contributed by atoms with E-state index in [9.17, 15) is 9.59 Å². The standard InChI is InChI=1S/C16H18N2O3S/c1-4-13(19)18-14(21-15(20)5-2)10-22-16(18)17-12-8-6-7-11(3)9-12/h6-10H,4-5H2,1-3H3. The molecule has 1 heterocycles. The number of hydrogen-bond acceptors (Lipinski definition) is 5. The quantitative estimate of drug-likeness (QED) is 0.811. The molecule has 0 radical (unpaired) electrons. The number of hydrogen-bond donors (Lipinski definition) is 0. The van der Waals surface area contributed by atoms with Gasteiger partial charge in [0.2, 0.25) is 11.8 Å². The van der Waals surface area contributed by atoms with Crippen molar-refractivity contribution in [2.45, 2.75) is 33.6 Å². The van der Waals surface area contributed by atoms with Gasteiger partial charge in [-0.2, -0.15) is 0 Å². The summed E-state index contributed by atoms with van der Waals surface area (Å²) in [5.74, 6) is -0.306. The highest BCUT2D eigenvalue weighted by Gasteiger charge is 2.15. The number of carbonyl (C=O) groups excluding carboxylic acids is 2. The molecule has 0 amide bonds. The van der Waals surface area contributed by atoms with Gasteiger partial charge in [-0.05, 0) is 24.6 Å². The fraction of sp³-hybridized carbons (Fsp3) is 0.312. The molecule has 2 rings (SSSR count). The zero-order valence-electron chi connectivity index (χ0n) is 12.8. The number of benzene rings is 1. The van der Waals surface area contributed by atoms with Gasteiger partial charge in [0.25, 0.3) is 0 Å².